The summed E-state index contributed by atoms with van der Waals surface area (Å²) in [5.74, 6) is 0.494. The fourth-order valence-electron chi connectivity index (χ4n) is 4.66. The van der Waals surface area contributed by atoms with Crippen molar-refractivity contribution in [1.29, 1.82) is 0 Å². The van der Waals surface area contributed by atoms with E-state index in [0.29, 0.717) is 26.4 Å². The van der Waals surface area contributed by atoms with Gasteiger partial charge in [-0.3, -0.25) is 14.7 Å². The molecule has 7 nitrogen and oxygen atoms in total. The molecule has 188 valence electrons. The first-order valence-electron chi connectivity index (χ1n) is 12.7. The summed E-state index contributed by atoms with van der Waals surface area (Å²) in [6.45, 7) is 5.44. The first-order valence-corrected chi connectivity index (χ1v) is 12.7. The molecule has 1 aromatic heterocycles. The zero-order valence-corrected chi connectivity index (χ0v) is 20.5. The molecule has 2 aromatic carbocycles. The molecule has 0 radical (unpaired) electrons. The van der Waals surface area contributed by atoms with Crippen molar-refractivity contribution in [2.24, 2.45) is 0 Å². The summed E-state index contributed by atoms with van der Waals surface area (Å²) < 4.78 is 17.6. The maximum absolute atomic E-state index is 12.2. The highest BCUT2D eigenvalue weighted by Gasteiger charge is 2.39. The molecule has 1 spiro atoms. The van der Waals surface area contributed by atoms with Crippen LogP contribution >= 0.6 is 0 Å². The van der Waals surface area contributed by atoms with Crippen molar-refractivity contribution < 1.29 is 19.0 Å². The maximum Gasteiger partial charge on any atom is 0.226 e. The third kappa shape index (κ3) is 6.49. The summed E-state index contributed by atoms with van der Waals surface area (Å²) in [5.41, 5.74) is 3.90. The second-order valence-electron chi connectivity index (χ2n) is 9.30. The van der Waals surface area contributed by atoms with Gasteiger partial charge in [0.25, 0.3) is 0 Å². The van der Waals surface area contributed by atoms with Gasteiger partial charge in [-0.2, -0.15) is 0 Å². The average Bonchev–Trinajstić information content (AvgIpc) is 3.38. The van der Waals surface area contributed by atoms with Gasteiger partial charge in [-0.05, 0) is 29.3 Å². The van der Waals surface area contributed by atoms with Crippen LogP contribution in [0.3, 0.4) is 0 Å². The number of ether oxygens (including phenoxy) is 3. The first kappa shape index (κ1) is 24.4. The molecule has 0 saturated carbocycles. The zero-order chi connectivity index (χ0) is 24.6. The Kier molecular flexibility index (Phi) is 7.91. The fourth-order valence-corrected chi connectivity index (χ4v) is 4.66. The minimum atomic E-state index is -0.324. The van der Waals surface area contributed by atoms with Gasteiger partial charge in [0.2, 0.25) is 5.91 Å². The largest absolute Gasteiger partial charge is 0.492 e. The second-order valence-corrected chi connectivity index (χ2v) is 9.30. The minimum Gasteiger partial charge on any atom is -0.492 e. The number of aromatic nitrogens is 1. The highest BCUT2D eigenvalue weighted by Crippen LogP contribution is 2.31. The van der Waals surface area contributed by atoms with Gasteiger partial charge in [-0.25, -0.2) is 0 Å². The Morgan fingerprint density at radius 1 is 0.944 bits per heavy atom. The molecule has 7 heteroatoms. The van der Waals surface area contributed by atoms with Crippen LogP contribution in [0, 0.1) is 0 Å². The highest BCUT2D eigenvalue weighted by atomic mass is 16.7. The van der Waals surface area contributed by atoms with Crippen LogP contribution in [0.15, 0.2) is 72.9 Å². The topological polar surface area (TPSA) is 72.9 Å². The van der Waals surface area contributed by atoms with Crippen LogP contribution in [0.5, 0.6) is 5.75 Å². The van der Waals surface area contributed by atoms with E-state index in [1.165, 1.54) is 0 Å². The number of hydrogen-bond donors (Lipinski definition) is 1. The van der Waals surface area contributed by atoms with Gasteiger partial charge in [0.05, 0.1) is 19.6 Å². The van der Waals surface area contributed by atoms with E-state index in [0.717, 1.165) is 60.6 Å². The Morgan fingerprint density at radius 2 is 1.67 bits per heavy atom. The van der Waals surface area contributed by atoms with E-state index >= 15 is 0 Å². The SMILES string of the molecule is O=C(Cc1ccc(-c2ccc(OCCN3CCC4(CC3)OCCO4)cc2)cn1)NCc1ccccc1. The number of pyridine rings is 1. The van der Waals surface area contributed by atoms with Gasteiger partial charge in [0.15, 0.2) is 5.79 Å². The van der Waals surface area contributed by atoms with Crippen LogP contribution in [0.25, 0.3) is 11.1 Å². The van der Waals surface area contributed by atoms with Crippen LogP contribution in [-0.4, -0.2) is 61.0 Å². The number of benzene rings is 2. The van der Waals surface area contributed by atoms with Crippen molar-refractivity contribution in [2.45, 2.75) is 31.6 Å². The fraction of sp³-hybridized carbons (Fsp3) is 0.379. The molecule has 3 heterocycles. The van der Waals surface area contributed by atoms with E-state index in [1.807, 2.05) is 72.9 Å². The molecule has 1 amide bonds. The van der Waals surface area contributed by atoms with E-state index < -0.39 is 0 Å². The van der Waals surface area contributed by atoms with Crippen LogP contribution in [-0.2, 0) is 27.2 Å². The van der Waals surface area contributed by atoms with Crippen LogP contribution in [0.1, 0.15) is 24.1 Å². The number of piperidine rings is 1. The summed E-state index contributed by atoms with van der Waals surface area (Å²) >= 11 is 0. The highest BCUT2D eigenvalue weighted by molar-refractivity contribution is 5.78. The summed E-state index contributed by atoms with van der Waals surface area (Å²) in [5, 5.41) is 2.94. The molecule has 0 aliphatic carbocycles. The standard InChI is InChI=1S/C29H33N3O4/c33-28(31-21-23-4-2-1-3-5-23)20-26-9-6-25(22-30-26)24-7-10-27(11-8-24)34-17-16-32-14-12-29(13-15-32)35-18-19-36-29/h1-11,22H,12-21H2,(H,31,33). The molecule has 0 bridgehead atoms. The molecule has 36 heavy (non-hydrogen) atoms. The number of rotatable bonds is 9. The normalized spacial score (nSPS) is 17.2. The van der Waals surface area contributed by atoms with Gasteiger partial charge >= 0.3 is 0 Å². The molecule has 1 N–H and O–H groups in total. The summed E-state index contributed by atoms with van der Waals surface area (Å²) in [7, 11) is 0. The molecule has 0 unspecified atom stereocenters. The molecular formula is C29H33N3O4. The zero-order valence-electron chi connectivity index (χ0n) is 20.5. The van der Waals surface area contributed by atoms with Gasteiger partial charge in [-0.15, -0.1) is 0 Å². The monoisotopic (exact) mass is 487 g/mol. The van der Waals surface area contributed by atoms with Gasteiger partial charge in [0.1, 0.15) is 12.4 Å². The van der Waals surface area contributed by atoms with Crippen molar-refractivity contribution >= 4 is 5.91 Å². The number of nitrogens with zero attached hydrogens (tertiary/aromatic N) is 2. The van der Waals surface area contributed by atoms with Crippen molar-refractivity contribution in [3.63, 3.8) is 0 Å². The maximum atomic E-state index is 12.2. The molecule has 5 rings (SSSR count). The Balaban J connectivity index is 1.04. The van der Waals surface area contributed by atoms with E-state index in [1.54, 1.807) is 0 Å². The lowest BCUT2D eigenvalue weighted by Gasteiger charge is -2.37. The quantitative estimate of drug-likeness (QED) is 0.495. The van der Waals surface area contributed by atoms with E-state index in [2.05, 4.69) is 15.2 Å². The molecule has 2 saturated heterocycles. The predicted molar refractivity (Wildman–Crippen MR) is 137 cm³/mol. The number of carbonyl (C=O) groups excluding carboxylic acids is 1. The lowest BCUT2D eigenvalue weighted by molar-refractivity contribution is -0.185. The lowest BCUT2D eigenvalue weighted by atomic mass is 10.0. The van der Waals surface area contributed by atoms with Crippen LogP contribution < -0.4 is 10.1 Å². The Morgan fingerprint density at radius 3 is 2.36 bits per heavy atom. The lowest BCUT2D eigenvalue weighted by Crippen LogP contribution is -2.46. The van der Waals surface area contributed by atoms with Gasteiger partial charge in [0, 0.05) is 56.5 Å². The third-order valence-electron chi connectivity index (χ3n) is 6.79. The number of likely N-dealkylation sites (tertiary alicyclic amines) is 1. The van der Waals surface area contributed by atoms with Gasteiger partial charge in [-0.1, -0.05) is 48.5 Å². The number of carbonyl (C=O) groups is 1. The van der Waals surface area contributed by atoms with E-state index in [4.69, 9.17) is 14.2 Å². The summed E-state index contributed by atoms with van der Waals surface area (Å²) in [4.78, 5) is 19.1. The summed E-state index contributed by atoms with van der Waals surface area (Å²) in [6, 6.07) is 21.9. The summed E-state index contributed by atoms with van der Waals surface area (Å²) in [6.07, 6.45) is 3.92. The van der Waals surface area contributed by atoms with Crippen molar-refractivity contribution in [3.05, 3.63) is 84.2 Å². The molecule has 2 aliphatic rings. The second kappa shape index (κ2) is 11.6. The molecule has 2 aliphatic heterocycles. The number of hydrogen-bond acceptors (Lipinski definition) is 6. The molecule has 2 fully saturated rings. The van der Waals surface area contributed by atoms with Crippen LogP contribution in [0.4, 0.5) is 0 Å². The van der Waals surface area contributed by atoms with E-state index in [9.17, 15) is 4.79 Å². The predicted octanol–water partition coefficient (Wildman–Crippen LogP) is 3.83. The van der Waals surface area contributed by atoms with E-state index in [-0.39, 0.29) is 18.1 Å². The Bertz CT molecular complexity index is 1100. The molecule has 0 atom stereocenters. The van der Waals surface area contributed by atoms with Crippen molar-refractivity contribution in [3.8, 4) is 16.9 Å². The molecular weight excluding hydrogens is 454 g/mol. The van der Waals surface area contributed by atoms with Crippen molar-refractivity contribution in [1.82, 2.24) is 15.2 Å². The first-order chi connectivity index (χ1) is 17.7. The number of nitrogens with one attached hydrogen (secondary N) is 1. The number of amides is 1. The smallest absolute Gasteiger partial charge is 0.226 e. The Labute approximate surface area is 212 Å². The van der Waals surface area contributed by atoms with Crippen molar-refractivity contribution in [2.75, 3.05) is 39.5 Å². The Hall–Kier alpha value is -3.26. The third-order valence-corrected chi connectivity index (χ3v) is 6.79. The van der Waals surface area contributed by atoms with Crippen LogP contribution in [0.2, 0.25) is 0 Å². The van der Waals surface area contributed by atoms with Gasteiger partial charge < -0.3 is 19.5 Å². The minimum absolute atomic E-state index is 0.0372. The molecule has 3 aromatic rings. The average molecular weight is 488 g/mol.